The second-order valence-corrected chi connectivity index (χ2v) is 5.32. The van der Waals surface area contributed by atoms with Crippen LogP contribution >= 0.6 is 0 Å². The van der Waals surface area contributed by atoms with E-state index >= 15 is 0 Å². The van der Waals surface area contributed by atoms with Gasteiger partial charge in [-0.25, -0.2) is 4.39 Å². The monoisotopic (exact) mass is 301 g/mol. The van der Waals surface area contributed by atoms with Crippen LogP contribution in [0.5, 0.6) is 0 Å². The van der Waals surface area contributed by atoms with E-state index in [0.717, 1.165) is 13.0 Å². The van der Waals surface area contributed by atoms with Crippen molar-refractivity contribution in [3.8, 4) is 0 Å². The molecule has 2 aromatic rings. The standard InChI is InChI=1S/C17H20FN3O/c1-21(10-6-13-4-8-20-9-5-13)11-7-17(22)14-2-3-15(18)16(19)12-14/h2-5,8-9,12H,6-7,10-11,19H2,1H3. The molecule has 0 radical (unpaired) electrons. The minimum absolute atomic E-state index is 0.0110. The maximum absolute atomic E-state index is 13.1. The second kappa shape index (κ2) is 7.66. The normalized spacial score (nSPS) is 10.9. The highest BCUT2D eigenvalue weighted by atomic mass is 19.1. The molecule has 0 saturated heterocycles. The summed E-state index contributed by atoms with van der Waals surface area (Å²) in [6.07, 6.45) is 4.85. The molecular formula is C17H20FN3O. The van der Waals surface area contributed by atoms with E-state index in [1.54, 1.807) is 12.4 Å². The molecule has 4 nitrogen and oxygen atoms in total. The van der Waals surface area contributed by atoms with Gasteiger partial charge in [0.2, 0.25) is 0 Å². The number of aromatic nitrogens is 1. The summed E-state index contributed by atoms with van der Waals surface area (Å²) in [5.74, 6) is -0.520. The van der Waals surface area contributed by atoms with Crippen molar-refractivity contribution in [2.24, 2.45) is 0 Å². The van der Waals surface area contributed by atoms with Crippen LogP contribution in [0.4, 0.5) is 10.1 Å². The molecule has 0 unspecified atom stereocenters. The van der Waals surface area contributed by atoms with Gasteiger partial charge in [-0.1, -0.05) is 0 Å². The molecule has 0 aliphatic heterocycles. The molecule has 0 bridgehead atoms. The number of nitrogen functional groups attached to an aromatic ring is 1. The van der Waals surface area contributed by atoms with Crippen molar-refractivity contribution < 1.29 is 9.18 Å². The Hall–Kier alpha value is -2.27. The van der Waals surface area contributed by atoms with Crippen molar-refractivity contribution in [1.29, 1.82) is 0 Å². The van der Waals surface area contributed by atoms with Gasteiger partial charge in [0.25, 0.3) is 0 Å². The first-order valence-corrected chi connectivity index (χ1v) is 7.22. The van der Waals surface area contributed by atoms with Crippen LogP contribution in [0.15, 0.2) is 42.7 Å². The molecule has 0 saturated carbocycles. The van der Waals surface area contributed by atoms with Crippen molar-refractivity contribution in [2.45, 2.75) is 12.8 Å². The lowest BCUT2D eigenvalue weighted by atomic mass is 10.1. The number of rotatable bonds is 7. The summed E-state index contributed by atoms with van der Waals surface area (Å²) >= 11 is 0. The third kappa shape index (κ3) is 4.63. The Morgan fingerprint density at radius 3 is 2.64 bits per heavy atom. The number of benzene rings is 1. The zero-order valence-electron chi connectivity index (χ0n) is 12.6. The molecule has 22 heavy (non-hydrogen) atoms. The van der Waals surface area contributed by atoms with Gasteiger partial charge in [0.1, 0.15) is 5.82 Å². The van der Waals surface area contributed by atoms with Gasteiger partial charge in [-0.2, -0.15) is 0 Å². The number of likely N-dealkylation sites (N-methyl/N-ethyl adjacent to an activating group) is 1. The Labute approximate surface area is 129 Å². The quantitative estimate of drug-likeness (QED) is 0.631. The average Bonchev–Trinajstić information content (AvgIpc) is 2.54. The lowest BCUT2D eigenvalue weighted by Gasteiger charge is -2.16. The van der Waals surface area contributed by atoms with E-state index in [9.17, 15) is 9.18 Å². The Balaban J connectivity index is 1.79. The van der Waals surface area contributed by atoms with Gasteiger partial charge in [0.15, 0.2) is 5.78 Å². The van der Waals surface area contributed by atoms with Crippen molar-refractivity contribution in [3.63, 3.8) is 0 Å². The predicted octanol–water partition coefficient (Wildman–Crippen LogP) is 2.55. The Kier molecular flexibility index (Phi) is 5.61. The number of nitrogens with zero attached hydrogens (tertiary/aromatic N) is 2. The molecule has 5 heteroatoms. The summed E-state index contributed by atoms with van der Waals surface area (Å²) < 4.78 is 13.1. The van der Waals surface area contributed by atoms with Crippen LogP contribution in [-0.2, 0) is 6.42 Å². The number of Topliss-reactive ketones (excluding diaryl/α,β-unsaturated/α-hetero) is 1. The Morgan fingerprint density at radius 2 is 1.95 bits per heavy atom. The molecule has 0 spiro atoms. The molecule has 2 rings (SSSR count). The molecule has 2 N–H and O–H groups in total. The summed E-state index contributed by atoms with van der Waals surface area (Å²) in [5.41, 5.74) is 7.18. The van der Waals surface area contributed by atoms with Crippen LogP contribution in [0, 0.1) is 5.82 Å². The van der Waals surface area contributed by atoms with Crippen LogP contribution in [0.1, 0.15) is 22.3 Å². The molecule has 0 fully saturated rings. The highest BCUT2D eigenvalue weighted by Crippen LogP contribution is 2.14. The first kappa shape index (κ1) is 16.1. The molecule has 1 heterocycles. The minimum Gasteiger partial charge on any atom is -0.396 e. The number of hydrogen-bond acceptors (Lipinski definition) is 4. The number of ketones is 1. The number of carbonyl (C=O) groups is 1. The first-order chi connectivity index (χ1) is 10.6. The van der Waals surface area contributed by atoms with Crippen molar-refractivity contribution in [2.75, 3.05) is 25.9 Å². The van der Waals surface area contributed by atoms with Crippen LogP contribution in [0.25, 0.3) is 0 Å². The molecule has 116 valence electrons. The second-order valence-electron chi connectivity index (χ2n) is 5.32. The summed E-state index contributed by atoms with van der Waals surface area (Å²) in [4.78, 5) is 18.2. The van der Waals surface area contributed by atoms with Crippen molar-refractivity contribution in [3.05, 3.63) is 59.7 Å². The number of pyridine rings is 1. The minimum atomic E-state index is -0.494. The zero-order valence-corrected chi connectivity index (χ0v) is 12.6. The maximum Gasteiger partial charge on any atom is 0.164 e. The highest BCUT2D eigenvalue weighted by Gasteiger charge is 2.09. The van der Waals surface area contributed by atoms with Gasteiger partial charge in [-0.15, -0.1) is 0 Å². The first-order valence-electron chi connectivity index (χ1n) is 7.22. The smallest absolute Gasteiger partial charge is 0.164 e. The molecule has 0 amide bonds. The number of halogens is 1. The summed E-state index contributed by atoms with van der Waals surface area (Å²) in [5, 5.41) is 0. The van der Waals surface area contributed by atoms with Gasteiger partial charge < -0.3 is 10.6 Å². The van der Waals surface area contributed by atoms with E-state index in [1.165, 1.54) is 23.8 Å². The fourth-order valence-electron chi connectivity index (χ4n) is 2.14. The maximum atomic E-state index is 13.1. The van der Waals surface area contributed by atoms with Gasteiger partial charge in [0, 0.05) is 37.5 Å². The van der Waals surface area contributed by atoms with Gasteiger partial charge >= 0.3 is 0 Å². The average molecular weight is 301 g/mol. The fraction of sp³-hybridized carbons (Fsp3) is 0.294. The number of hydrogen-bond donors (Lipinski definition) is 1. The van der Waals surface area contributed by atoms with E-state index in [2.05, 4.69) is 9.88 Å². The topological polar surface area (TPSA) is 59.2 Å². The molecule has 1 aromatic heterocycles. The molecule has 0 atom stereocenters. The highest BCUT2D eigenvalue weighted by molar-refractivity contribution is 5.96. The summed E-state index contributed by atoms with van der Waals surface area (Å²) in [6.45, 7) is 1.52. The number of nitrogens with two attached hydrogens (primary N) is 1. The van der Waals surface area contributed by atoms with E-state index in [0.29, 0.717) is 18.5 Å². The SMILES string of the molecule is CN(CCC(=O)c1ccc(F)c(N)c1)CCc1ccncc1. The largest absolute Gasteiger partial charge is 0.396 e. The molecule has 0 aliphatic carbocycles. The van der Waals surface area contributed by atoms with Gasteiger partial charge in [-0.05, 0) is 49.4 Å². The van der Waals surface area contributed by atoms with E-state index in [-0.39, 0.29) is 11.5 Å². The van der Waals surface area contributed by atoms with Crippen molar-refractivity contribution >= 4 is 11.5 Å². The molecule has 1 aromatic carbocycles. The fourth-order valence-corrected chi connectivity index (χ4v) is 2.14. The summed E-state index contributed by atoms with van der Waals surface area (Å²) in [7, 11) is 1.98. The van der Waals surface area contributed by atoms with Crippen LogP contribution in [-0.4, -0.2) is 35.8 Å². The number of anilines is 1. The van der Waals surface area contributed by atoms with Gasteiger partial charge in [-0.3, -0.25) is 9.78 Å². The third-order valence-electron chi connectivity index (χ3n) is 3.57. The van der Waals surface area contributed by atoms with Gasteiger partial charge in [0.05, 0.1) is 5.69 Å². The number of carbonyl (C=O) groups excluding carboxylic acids is 1. The van der Waals surface area contributed by atoms with Crippen LogP contribution in [0.2, 0.25) is 0 Å². The van der Waals surface area contributed by atoms with Crippen LogP contribution < -0.4 is 5.73 Å². The third-order valence-corrected chi connectivity index (χ3v) is 3.57. The predicted molar refractivity (Wildman–Crippen MR) is 85.2 cm³/mol. The lowest BCUT2D eigenvalue weighted by Crippen LogP contribution is -2.24. The van der Waals surface area contributed by atoms with E-state index < -0.39 is 5.82 Å². The lowest BCUT2D eigenvalue weighted by molar-refractivity contribution is 0.0969. The Bertz CT molecular complexity index is 631. The zero-order chi connectivity index (χ0) is 15.9. The Morgan fingerprint density at radius 1 is 1.23 bits per heavy atom. The molecule has 0 aliphatic rings. The van der Waals surface area contributed by atoms with Crippen LogP contribution in [0.3, 0.4) is 0 Å². The van der Waals surface area contributed by atoms with Crippen molar-refractivity contribution in [1.82, 2.24) is 9.88 Å². The van der Waals surface area contributed by atoms with E-state index in [1.807, 2.05) is 19.2 Å². The van der Waals surface area contributed by atoms with E-state index in [4.69, 9.17) is 5.73 Å². The molecular weight excluding hydrogens is 281 g/mol. The summed E-state index contributed by atoms with van der Waals surface area (Å²) in [6, 6.07) is 8.08.